The van der Waals surface area contributed by atoms with Crippen LogP contribution < -0.4 is 76.1 Å². The van der Waals surface area contributed by atoms with Gasteiger partial charge in [-0.3, -0.25) is 47.9 Å². The number of aliphatic hydroxyl groups is 2. The number of amides is 10. The second-order valence-electron chi connectivity index (χ2n) is 17.7. The van der Waals surface area contributed by atoms with E-state index in [0.29, 0.717) is 0 Å². The number of nitrogens with one attached hydrogen (secondary N) is 10. The molecule has 1 heterocycles. The standard InChI is InChI=1S/C42H78N14O12.4ClH/c1-20(2)18-30-39(65)51-25(8-13-43)34(60)50-28(11-16-46)38(64)56-32(22(5)57)41(67)47-17-12-29(52-35(61)27(10-15-45)53-42(68)33(23(6)58)48-24(7)59)37(63)49-26(9-14-44)36(62)54-31(19-21(3)4)40(66)55-30;;;;/h20-23,25-33,57-58H,8-19,43-46H2,1-7H3,(H,47,67)(H,48,59)(H,49,63)(H,50,60)(H,51,65)(H,52,61)(H,53,68)(H,54,62)(H,55,66)(H,56,64);4*1H/t22-,23-,25+,26+,27+,28+,29+,30+,31-,32+,33+;;;;/m1..../s1. The molecule has 0 saturated carbocycles. The van der Waals surface area contributed by atoms with Crippen molar-refractivity contribution in [1.29, 1.82) is 0 Å². The molecule has 72 heavy (non-hydrogen) atoms. The van der Waals surface area contributed by atoms with Crippen molar-refractivity contribution >= 4 is 109 Å². The van der Waals surface area contributed by atoms with Crippen LogP contribution in [0.25, 0.3) is 0 Å². The SMILES string of the molecule is CC(=O)N[C@H](C(=O)N[C@@H](CCN)C(=O)N[C@H]1CCNC(=O)[C@H]([C@@H](C)O)NC(=O)[C@H](CCN)NC(=O)[C@H](CCN)NC(=O)[C@H](CC(C)C)NC(=O)[C@@H](CC(C)C)NC(=O)[C@H](CCN)NC1=O)[C@@H](C)O.Cl.Cl.Cl.Cl. The quantitative estimate of drug-likeness (QED) is 0.0575. The Labute approximate surface area is 445 Å². The molecule has 1 fully saturated rings. The highest BCUT2D eigenvalue weighted by molar-refractivity contribution is 5.98. The van der Waals surface area contributed by atoms with E-state index in [1.54, 1.807) is 27.7 Å². The van der Waals surface area contributed by atoms with E-state index in [0.717, 1.165) is 6.92 Å². The Balaban J connectivity index is -0.00000578. The predicted molar refractivity (Wildman–Crippen MR) is 277 cm³/mol. The zero-order valence-electron chi connectivity index (χ0n) is 41.9. The van der Waals surface area contributed by atoms with E-state index in [1.165, 1.54) is 13.8 Å². The average molecular weight is 1120 g/mol. The Morgan fingerprint density at radius 2 is 0.944 bits per heavy atom. The van der Waals surface area contributed by atoms with Crippen molar-refractivity contribution in [1.82, 2.24) is 53.2 Å². The highest BCUT2D eigenvalue weighted by Crippen LogP contribution is 2.11. The highest BCUT2D eigenvalue weighted by atomic mass is 35.5. The lowest BCUT2D eigenvalue weighted by Gasteiger charge is -2.29. The Bertz CT molecular complexity index is 1740. The molecule has 420 valence electrons. The Hall–Kier alpha value is -4.38. The monoisotopic (exact) mass is 1110 g/mol. The number of rotatable bonds is 19. The van der Waals surface area contributed by atoms with Crippen molar-refractivity contribution in [2.75, 3.05) is 32.7 Å². The first-order chi connectivity index (χ1) is 31.9. The van der Waals surface area contributed by atoms with Crippen LogP contribution in [-0.4, -0.2) is 169 Å². The summed E-state index contributed by atoms with van der Waals surface area (Å²) in [6.45, 7) is 9.79. The van der Waals surface area contributed by atoms with Crippen molar-refractivity contribution in [3.8, 4) is 0 Å². The van der Waals surface area contributed by atoms with Crippen LogP contribution in [-0.2, 0) is 47.9 Å². The molecule has 0 unspecified atom stereocenters. The number of nitrogens with two attached hydrogens (primary N) is 4. The van der Waals surface area contributed by atoms with Crippen LogP contribution in [0.3, 0.4) is 0 Å². The van der Waals surface area contributed by atoms with E-state index in [9.17, 15) is 58.2 Å². The number of hydrogen-bond donors (Lipinski definition) is 16. The molecule has 1 saturated heterocycles. The summed E-state index contributed by atoms with van der Waals surface area (Å²) in [6, 6.07) is -12.8. The highest BCUT2D eigenvalue weighted by Gasteiger charge is 2.36. The minimum atomic E-state index is -1.64. The van der Waals surface area contributed by atoms with E-state index in [-0.39, 0.29) is 126 Å². The molecular weight excluding hydrogens is 1030 g/mol. The van der Waals surface area contributed by atoms with Gasteiger partial charge in [-0.05, 0) is 96.8 Å². The van der Waals surface area contributed by atoms with Gasteiger partial charge in [-0.2, -0.15) is 0 Å². The Kier molecular flexibility index (Phi) is 39.4. The van der Waals surface area contributed by atoms with Gasteiger partial charge in [-0.15, -0.1) is 49.6 Å². The van der Waals surface area contributed by atoms with Crippen LogP contribution in [0.4, 0.5) is 0 Å². The van der Waals surface area contributed by atoms with Gasteiger partial charge in [0.05, 0.1) is 12.2 Å². The Morgan fingerprint density at radius 3 is 1.31 bits per heavy atom. The first-order valence-electron chi connectivity index (χ1n) is 23.0. The summed E-state index contributed by atoms with van der Waals surface area (Å²) < 4.78 is 0. The van der Waals surface area contributed by atoms with Crippen LogP contribution in [0.1, 0.15) is 93.4 Å². The van der Waals surface area contributed by atoms with Crippen LogP contribution in [0, 0.1) is 11.8 Å². The Morgan fingerprint density at radius 1 is 0.556 bits per heavy atom. The fourth-order valence-electron chi connectivity index (χ4n) is 7.04. The second kappa shape index (κ2) is 38.2. The second-order valence-corrected chi connectivity index (χ2v) is 17.7. The summed E-state index contributed by atoms with van der Waals surface area (Å²) in [4.78, 5) is 136. The molecule has 0 aromatic carbocycles. The third-order valence-electron chi connectivity index (χ3n) is 10.6. The first kappa shape index (κ1) is 74.1. The maximum atomic E-state index is 14.2. The predicted octanol–water partition coefficient (Wildman–Crippen LogP) is -5.17. The van der Waals surface area contributed by atoms with E-state index >= 15 is 0 Å². The van der Waals surface area contributed by atoms with Gasteiger partial charge in [0, 0.05) is 13.5 Å². The molecule has 1 aliphatic heterocycles. The minimum absolute atomic E-state index is 0. The molecule has 0 spiro atoms. The van der Waals surface area contributed by atoms with E-state index in [1.807, 2.05) is 0 Å². The summed E-state index contributed by atoms with van der Waals surface area (Å²) in [5.74, 6) is -9.04. The molecule has 0 aromatic rings. The maximum absolute atomic E-state index is 14.2. The first-order valence-corrected chi connectivity index (χ1v) is 23.0. The summed E-state index contributed by atoms with van der Waals surface area (Å²) in [6.07, 6.45) is -3.79. The molecule has 0 radical (unpaired) electrons. The number of carbonyl (C=O) groups excluding carboxylic acids is 10. The van der Waals surface area contributed by atoms with Crippen LogP contribution in [0.2, 0.25) is 0 Å². The molecule has 0 aliphatic carbocycles. The van der Waals surface area contributed by atoms with Gasteiger partial charge in [0.25, 0.3) is 0 Å². The molecule has 1 rings (SSSR count). The van der Waals surface area contributed by atoms with Gasteiger partial charge in [-0.25, -0.2) is 0 Å². The lowest BCUT2D eigenvalue weighted by atomic mass is 9.99. The molecule has 11 atom stereocenters. The minimum Gasteiger partial charge on any atom is -0.391 e. The summed E-state index contributed by atoms with van der Waals surface area (Å²) in [5.41, 5.74) is 23.2. The molecule has 30 heteroatoms. The van der Waals surface area contributed by atoms with Crippen molar-refractivity contribution in [3.05, 3.63) is 0 Å². The van der Waals surface area contributed by atoms with Gasteiger partial charge in [0.2, 0.25) is 59.1 Å². The topological polar surface area (TPSA) is 436 Å². The van der Waals surface area contributed by atoms with Crippen molar-refractivity contribution < 1.29 is 58.2 Å². The van der Waals surface area contributed by atoms with E-state index in [2.05, 4.69) is 53.2 Å². The molecule has 0 bridgehead atoms. The van der Waals surface area contributed by atoms with Gasteiger partial charge >= 0.3 is 0 Å². The van der Waals surface area contributed by atoms with Crippen molar-refractivity contribution in [2.24, 2.45) is 34.8 Å². The third kappa shape index (κ3) is 26.5. The van der Waals surface area contributed by atoms with E-state index in [4.69, 9.17) is 22.9 Å². The smallest absolute Gasteiger partial charge is 0.245 e. The number of aliphatic hydroxyl groups excluding tert-OH is 2. The fraction of sp³-hybridized carbons (Fsp3) is 0.762. The molecule has 10 amide bonds. The van der Waals surface area contributed by atoms with Gasteiger partial charge in [0.15, 0.2) is 0 Å². The normalized spacial score (nSPS) is 23.5. The lowest BCUT2D eigenvalue weighted by molar-refractivity contribution is -0.136. The zero-order valence-corrected chi connectivity index (χ0v) is 45.2. The van der Waals surface area contributed by atoms with Crippen LogP contribution in [0.15, 0.2) is 0 Å². The average Bonchev–Trinajstić information content (AvgIpc) is 3.24. The summed E-state index contributed by atoms with van der Waals surface area (Å²) in [7, 11) is 0. The lowest BCUT2D eigenvalue weighted by Crippen LogP contribution is -2.61. The fourth-order valence-corrected chi connectivity index (χ4v) is 7.04. The number of halogens is 4. The maximum Gasteiger partial charge on any atom is 0.245 e. The molecule has 0 aromatic heterocycles. The van der Waals surface area contributed by atoms with Crippen LogP contribution in [0.5, 0.6) is 0 Å². The number of hydrogen-bond acceptors (Lipinski definition) is 16. The van der Waals surface area contributed by atoms with Crippen LogP contribution >= 0.6 is 49.6 Å². The summed E-state index contributed by atoms with van der Waals surface area (Å²) >= 11 is 0. The zero-order chi connectivity index (χ0) is 51.8. The van der Waals surface area contributed by atoms with Gasteiger partial charge in [-0.1, -0.05) is 27.7 Å². The third-order valence-corrected chi connectivity index (χ3v) is 10.6. The van der Waals surface area contributed by atoms with Crippen molar-refractivity contribution in [3.63, 3.8) is 0 Å². The van der Waals surface area contributed by atoms with Crippen molar-refractivity contribution in [2.45, 2.75) is 160 Å². The molecular formula is C42H82Cl4N14O12. The molecule has 26 nitrogen and oxygen atoms in total. The number of carbonyl (C=O) groups is 10. The molecule has 1 aliphatic rings. The van der Waals surface area contributed by atoms with Gasteiger partial charge < -0.3 is 86.3 Å². The van der Waals surface area contributed by atoms with E-state index < -0.39 is 139 Å². The van der Waals surface area contributed by atoms with Gasteiger partial charge in [0.1, 0.15) is 54.4 Å². The summed E-state index contributed by atoms with van der Waals surface area (Å²) in [5, 5.41) is 45.9. The molecule has 20 N–H and O–H groups in total. The largest absolute Gasteiger partial charge is 0.391 e.